The highest BCUT2D eigenvalue weighted by molar-refractivity contribution is 9.10. The monoisotopic (exact) mass is 296 g/mol. The maximum Gasteiger partial charge on any atom is 0.236 e. The lowest BCUT2D eigenvalue weighted by molar-refractivity contribution is -0.125. The smallest absolute Gasteiger partial charge is 0.236 e. The molecule has 0 heterocycles. The van der Waals surface area contributed by atoms with Crippen molar-refractivity contribution >= 4 is 34.2 Å². The molecule has 15 heavy (non-hydrogen) atoms. The van der Waals surface area contributed by atoms with Gasteiger partial charge in [-0.3, -0.25) is 4.79 Å². The van der Waals surface area contributed by atoms with Crippen LogP contribution in [0.15, 0.2) is 0 Å². The van der Waals surface area contributed by atoms with Gasteiger partial charge in [-0.25, -0.2) is 0 Å². The molecule has 0 aliphatic heterocycles. The van der Waals surface area contributed by atoms with Crippen molar-refractivity contribution < 1.29 is 4.79 Å². The van der Waals surface area contributed by atoms with Crippen LogP contribution in [0.5, 0.6) is 0 Å². The summed E-state index contributed by atoms with van der Waals surface area (Å²) >= 11 is 3.49. The van der Waals surface area contributed by atoms with E-state index in [0.29, 0.717) is 6.54 Å². The summed E-state index contributed by atoms with van der Waals surface area (Å²) in [5.41, 5.74) is 5.92. The van der Waals surface area contributed by atoms with Crippen molar-refractivity contribution in [1.29, 1.82) is 0 Å². The number of nitrogens with one attached hydrogen (secondary N) is 1. The lowest BCUT2D eigenvalue weighted by atomic mass is 9.77. The van der Waals surface area contributed by atoms with E-state index in [1.807, 2.05) is 0 Å². The average molecular weight is 298 g/mol. The van der Waals surface area contributed by atoms with Gasteiger partial charge >= 0.3 is 0 Å². The Morgan fingerprint density at radius 1 is 1.27 bits per heavy atom. The second-order valence-electron chi connectivity index (χ2n) is 4.72. The van der Waals surface area contributed by atoms with Crippen LogP contribution in [0.4, 0.5) is 0 Å². The molecular weight excluding hydrogens is 279 g/mol. The fourth-order valence-corrected chi connectivity index (χ4v) is 2.64. The van der Waals surface area contributed by atoms with Gasteiger partial charge in [0.25, 0.3) is 0 Å². The van der Waals surface area contributed by atoms with Crippen molar-refractivity contribution in [3.8, 4) is 0 Å². The summed E-state index contributed by atoms with van der Waals surface area (Å²) in [5, 5.41) is 2.96. The maximum absolute atomic E-state index is 11.7. The molecule has 0 spiro atoms. The molecule has 0 atom stereocenters. The number of carbonyl (C=O) groups is 1. The van der Waals surface area contributed by atoms with Crippen molar-refractivity contribution in [3.05, 3.63) is 0 Å². The molecule has 3 nitrogen and oxygen atoms in total. The van der Waals surface area contributed by atoms with E-state index in [-0.39, 0.29) is 28.2 Å². The number of rotatable bonds is 3. The highest BCUT2D eigenvalue weighted by Gasteiger charge is 2.42. The van der Waals surface area contributed by atoms with E-state index in [2.05, 4.69) is 21.2 Å². The minimum atomic E-state index is -0.271. The molecule has 2 saturated carbocycles. The molecular formula is C10H18BrClN2O. The van der Waals surface area contributed by atoms with E-state index < -0.39 is 0 Å². The summed E-state index contributed by atoms with van der Waals surface area (Å²) in [6.45, 7) is 0.638. The zero-order valence-corrected chi connectivity index (χ0v) is 11.1. The average Bonchev–Trinajstić information content (AvgIpc) is 2.07. The van der Waals surface area contributed by atoms with Crippen LogP contribution in [0.3, 0.4) is 0 Å². The maximum atomic E-state index is 11.7. The molecule has 2 fully saturated rings. The van der Waals surface area contributed by atoms with E-state index in [9.17, 15) is 4.79 Å². The number of halogens is 2. The Kier molecular flexibility index (Phi) is 4.07. The Morgan fingerprint density at radius 2 is 1.80 bits per heavy atom. The molecule has 1 amide bonds. The minimum absolute atomic E-state index is 0. The van der Waals surface area contributed by atoms with E-state index in [1.165, 1.54) is 6.42 Å². The van der Waals surface area contributed by atoms with Crippen LogP contribution in [0, 0.1) is 0 Å². The van der Waals surface area contributed by atoms with Crippen LogP contribution < -0.4 is 11.1 Å². The molecule has 2 aliphatic rings. The largest absolute Gasteiger partial charge is 0.353 e. The lowest BCUT2D eigenvalue weighted by Gasteiger charge is -2.40. The van der Waals surface area contributed by atoms with Crippen molar-refractivity contribution in [1.82, 2.24) is 5.32 Å². The zero-order valence-electron chi connectivity index (χ0n) is 8.72. The van der Waals surface area contributed by atoms with Crippen molar-refractivity contribution in [2.45, 2.75) is 48.4 Å². The predicted octanol–water partition coefficient (Wildman–Crippen LogP) is 1.72. The van der Waals surface area contributed by atoms with Gasteiger partial charge in [-0.15, -0.1) is 12.4 Å². The molecule has 0 aromatic heterocycles. The standard InChI is InChI=1S/C10H17BrN2O.ClH/c11-10(5-2-6-10)8(14)13-7-9(12)3-1-4-9;/h1-7,12H2,(H,13,14);1H. The van der Waals surface area contributed by atoms with Gasteiger partial charge in [0.1, 0.15) is 4.32 Å². The van der Waals surface area contributed by atoms with E-state index in [4.69, 9.17) is 5.73 Å². The fourth-order valence-electron chi connectivity index (χ4n) is 1.94. The lowest BCUT2D eigenvalue weighted by Crippen LogP contribution is -2.58. The van der Waals surface area contributed by atoms with E-state index >= 15 is 0 Å². The predicted molar refractivity (Wildman–Crippen MR) is 66.5 cm³/mol. The SMILES string of the molecule is Cl.NC1(CNC(=O)C2(Br)CCC2)CCC1. The van der Waals surface area contributed by atoms with Crippen LogP contribution >= 0.6 is 28.3 Å². The summed E-state index contributed by atoms with van der Waals surface area (Å²) in [4.78, 5) is 11.7. The Bertz CT molecular complexity index is 252. The molecule has 2 aliphatic carbocycles. The number of amides is 1. The molecule has 0 bridgehead atoms. The number of carbonyl (C=O) groups excluding carboxylic acids is 1. The number of nitrogens with two attached hydrogens (primary N) is 1. The fraction of sp³-hybridized carbons (Fsp3) is 0.900. The zero-order chi connectivity index (χ0) is 10.2. The van der Waals surface area contributed by atoms with Crippen LogP contribution in [-0.2, 0) is 4.79 Å². The van der Waals surface area contributed by atoms with Gasteiger partial charge in [-0.2, -0.15) is 0 Å². The van der Waals surface area contributed by atoms with Gasteiger partial charge in [0.15, 0.2) is 0 Å². The summed E-state index contributed by atoms with van der Waals surface area (Å²) in [6.07, 6.45) is 6.34. The van der Waals surface area contributed by atoms with Gasteiger partial charge < -0.3 is 11.1 Å². The number of hydrogen-bond donors (Lipinski definition) is 2. The summed E-state index contributed by atoms with van der Waals surface area (Å²) in [6, 6.07) is 0. The van der Waals surface area contributed by atoms with Gasteiger partial charge in [-0.1, -0.05) is 15.9 Å². The molecule has 0 aromatic rings. The highest BCUT2D eigenvalue weighted by atomic mass is 79.9. The topological polar surface area (TPSA) is 55.1 Å². The Balaban J connectivity index is 0.00000112. The van der Waals surface area contributed by atoms with Crippen molar-refractivity contribution in [3.63, 3.8) is 0 Å². The molecule has 0 radical (unpaired) electrons. The summed E-state index contributed by atoms with van der Waals surface area (Å²) in [7, 11) is 0. The molecule has 3 N–H and O–H groups in total. The Labute approximate surface area is 105 Å². The Hall–Kier alpha value is 0.200. The molecule has 0 saturated heterocycles. The summed E-state index contributed by atoms with van der Waals surface area (Å²) < 4.78 is -0.271. The molecule has 88 valence electrons. The Morgan fingerprint density at radius 3 is 2.13 bits per heavy atom. The first-order valence-electron chi connectivity index (χ1n) is 5.30. The second kappa shape index (κ2) is 4.60. The minimum Gasteiger partial charge on any atom is -0.353 e. The van der Waals surface area contributed by atoms with Crippen molar-refractivity contribution in [2.24, 2.45) is 5.73 Å². The van der Waals surface area contributed by atoms with Crippen LogP contribution in [-0.4, -0.2) is 22.3 Å². The first-order chi connectivity index (χ1) is 6.54. The first-order valence-corrected chi connectivity index (χ1v) is 6.10. The van der Waals surface area contributed by atoms with E-state index in [0.717, 1.165) is 32.1 Å². The summed E-state index contributed by atoms with van der Waals surface area (Å²) in [5.74, 6) is 0.125. The van der Waals surface area contributed by atoms with Gasteiger partial charge in [0, 0.05) is 12.1 Å². The quantitative estimate of drug-likeness (QED) is 0.780. The van der Waals surface area contributed by atoms with Gasteiger partial charge in [0.05, 0.1) is 0 Å². The molecule has 5 heteroatoms. The van der Waals surface area contributed by atoms with E-state index in [1.54, 1.807) is 0 Å². The van der Waals surface area contributed by atoms with Crippen molar-refractivity contribution in [2.75, 3.05) is 6.54 Å². The van der Waals surface area contributed by atoms with Gasteiger partial charge in [-0.05, 0) is 38.5 Å². The molecule has 0 unspecified atom stereocenters. The highest BCUT2D eigenvalue weighted by Crippen LogP contribution is 2.40. The first kappa shape index (κ1) is 13.3. The normalized spacial score (nSPS) is 25.5. The number of alkyl halides is 1. The number of hydrogen-bond acceptors (Lipinski definition) is 2. The third-order valence-electron chi connectivity index (χ3n) is 3.50. The van der Waals surface area contributed by atoms with Gasteiger partial charge in [0.2, 0.25) is 5.91 Å². The molecule has 0 aromatic carbocycles. The van der Waals surface area contributed by atoms with Crippen LogP contribution in [0.25, 0.3) is 0 Å². The second-order valence-corrected chi connectivity index (χ2v) is 6.24. The molecule has 2 rings (SSSR count). The van der Waals surface area contributed by atoms with Crippen LogP contribution in [0.1, 0.15) is 38.5 Å². The third-order valence-corrected chi connectivity index (χ3v) is 4.66. The third kappa shape index (κ3) is 2.66. The van der Waals surface area contributed by atoms with Crippen LogP contribution in [0.2, 0.25) is 0 Å².